The van der Waals surface area contributed by atoms with Crippen molar-refractivity contribution in [2.24, 2.45) is 16.8 Å². The van der Waals surface area contributed by atoms with Crippen LogP contribution in [0.2, 0.25) is 0 Å². The predicted octanol–water partition coefficient (Wildman–Crippen LogP) is 1.66. The van der Waals surface area contributed by atoms with E-state index in [-0.39, 0.29) is 24.0 Å². The van der Waals surface area contributed by atoms with E-state index in [1.807, 2.05) is 7.05 Å². The Bertz CT molecular complexity index is 329. The Balaban J connectivity index is 0.00000133. The molecule has 0 amide bonds. The van der Waals surface area contributed by atoms with Crippen molar-refractivity contribution >= 4 is 29.9 Å². The Hall–Kier alpha value is -0.0400. The van der Waals surface area contributed by atoms with Crippen LogP contribution in [0.4, 0.5) is 0 Å². The van der Waals surface area contributed by atoms with E-state index in [0.29, 0.717) is 6.04 Å². The first kappa shape index (κ1) is 15.4. The summed E-state index contributed by atoms with van der Waals surface area (Å²) >= 11 is 0. The fourth-order valence-corrected chi connectivity index (χ4v) is 2.93. The number of hydrogen-bond donors (Lipinski definition) is 2. The molecule has 1 saturated heterocycles. The van der Waals surface area contributed by atoms with Gasteiger partial charge in [-0.1, -0.05) is 6.92 Å². The van der Waals surface area contributed by atoms with Crippen molar-refractivity contribution in [3.63, 3.8) is 0 Å². The maximum Gasteiger partial charge on any atom is 0.191 e. The Kier molecular flexibility index (Phi) is 5.34. The number of aliphatic imine (C=N–C) groups is 1. The van der Waals surface area contributed by atoms with Crippen LogP contribution in [0, 0.1) is 11.8 Å². The lowest BCUT2D eigenvalue weighted by Crippen LogP contribution is -2.41. The van der Waals surface area contributed by atoms with Crippen LogP contribution in [0.15, 0.2) is 4.99 Å². The van der Waals surface area contributed by atoms with Gasteiger partial charge in [-0.15, -0.1) is 24.0 Å². The molecule has 19 heavy (non-hydrogen) atoms. The lowest BCUT2D eigenvalue weighted by molar-refractivity contribution is 0.314. The molecule has 2 aliphatic carbocycles. The van der Waals surface area contributed by atoms with E-state index in [9.17, 15) is 0 Å². The van der Waals surface area contributed by atoms with E-state index in [1.165, 1.54) is 38.8 Å². The van der Waals surface area contributed by atoms with Gasteiger partial charge in [0.2, 0.25) is 0 Å². The molecule has 2 N–H and O–H groups in total. The van der Waals surface area contributed by atoms with Gasteiger partial charge in [0, 0.05) is 32.2 Å². The van der Waals surface area contributed by atoms with Gasteiger partial charge in [-0.3, -0.25) is 4.99 Å². The van der Waals surface area contributed by atoms with Gasteiger partial charge in [-0.25, -0.2) is 0 Å². The van der Waals surface area contributed by atoms with Gasteiger partial charge in [0.15, 0.2) is 5.96 Å². The summed E-state index contributed by atoms with van der Waals surface area (Å²) in [6.45, 7) is 5.95. The second-order valence-electron chi connectivity index (χ2n) is 6.30. The largest absolute Gasteiger partial charge is 0.356 e. The molecule has 3 atom stereocenters. The van der Waals surface area contributed by atoms with Gasteiger partial charge in [0.1, 0.15) is 0 Å². The van der Waals surface area contributed by atoms with Crippen LogP contribution in [0.1, 0.15) is 32.6 Å². The van der Waals surface area contributed by atoms with Crippen LogP contribution < -0.4 is 10.6 Å². The highest BCUT2D eigenvalue weighted by Gasteiger charge is 2.35. The molecular weight excluding hydrogens is 351 g/mol. The summed E-state index contributed by atoms with van der Waals surface area (Å²) in [5, 5.41) is 6.98. The molecule has 3 unspecified atom stereocenters. The minimum atomic E-state index is 0. The standard InChI is InChI=1S/C14H26N4.HI/c1-10-7-13(10)17-14(15-2)16-8-11-5-6-18(9-11)12-3-4-12;/h10-13H,3-9H2,1-2H3,(H2,15,16,17);1H. The van der Waals surface area contributed by atoms with Gasteiger partial charge in [-0.05, 0) is 44.1 Å². The lowest BCUT2D eigenvalue weighted by Gasteiger charge is -2.17. The van der Waals surface area contributed by atoms with Crippen LogP contribution in [-0.2, 0) is 0 Å². The topological polar surface area (TPSA) is 39.7 Å². The smallest absolute Gasteiger partial charge is 0.191 e. The Morgan fingerprint density at radius 2 is 2.05 bits per heavy atom. The summed E-state index contributed by atoms with van der Waals surface area (Å²) in [4.78, 5) is 6.98. The van der Waals surface area contributed by atoms with Crippen LogP contribution in [0.3, 0.4) is 0 Å². The average Bonchev–Trinajstić information content (AvgIpc) is 3.28. The highest BCUT2D eigenvalue weighted by atomic mass is 127. The second-order valence-corrected chi connectivity index (χ2v) is 6.30. The monoisotopic (exact) mass is 378 g/mol. The zero-order chi connectivity index (χ0) is 12.5. The van der Waals surface area contributed by atoms with E-state index < -0.39 is 0 Å². The van der Waals surface area contributed by atoms with Crippen molar-refractivity contribution in [1.82, 2.24) is 15.5 Å². The minimum Gasteiger partial charge on any atom is -0.356 e. The molecule has 0 radical (unpaired) electrons. The van der Waals surface area contributed by atoms with Crippen LogP contribution >= 0.6 is 24.0 Å². The van der Waals surface area contributed by atoms with Crippen molar-refractivity contribution in [3.8, 4) is 0 Å². The summed E-state index contributed by atoms with van der Waals surface area (Å²) in [5.41, 5.74) is 0. The third-order valence-corrected chi connectivity index (χ3v) is 4.59. The molecule has 1 heterocycles. The predicted molar refractivity (Wildman–Crippen MR) is 90.2 cm³/mol. The lowest BCUT2D eigenvalue weighted by atomic mass is 10.1. The van der Waals surface area contributed by atoms with E-state index in [2.05, 4.69) is 27.4 Å². The number of rotatable bonds is 4. The van der Waals surface area contributed by atoms with E-state index in [0.717, 1.165) is 30.4 Å². The van der Waals surface area contributed by atoms with Gasteiger partial charge in [0.25, 0.3) is 0 Å². The van der Waals surface area contributed by atoms with Crippen molar-refractivity contribution in [3.05, 3.63) is 0 Å². The highest BCUT2D eigenvalue weighted by molar-refractivity contribution is 14.0. The SMILES string of the molecule is CN=C(NCC1CCN(C2CC2)C1)NC1CC1C.I. The van der Waals surface area contributed by atoms with Gasteiger partial charge < -0.3 is 15.5 Å². The molecule has 3 rings (SSSR count). The second kappa shape index (κ2) is 6.61. The molecule has 1 aliphatic heterocycles. The number of hydrogen-bond acceptors (Lipinski definition) is 2. The maximum atomic E-state index is 4.31. The number of halogens is 1. The first-order valence-electron chi connectivity index (χ1n) is 7.47. The fourth-order valence-electron chi connectivity index (χ4n) is 2.93. The number of nitrogens with zero attached hydrogens (tertiary/aromatic N) is 2. The van der Waals surface area contributed by atoms with Crippen molar-refractivity contribution in [2.45, 2.75) is 44.7 Å². The van der Waals surface area contributed by atoms with Crippen LogP contribution in [0.25, 0.3) is 0 Å². The molecular formula is C14H27IN4. The fraction of sp³-hybridized carbons (Fsp3) is 0.929. The molecule has 3 fully saturated rings. The molecule has 0 aromatic heterocycles. The first-order valence-corrected chi connectivity index (χ1v) is 7.47. The zero-order valence-electron chi connectivity index (χ0n) is 12.1. The summed E-state index contributed by atoms with van der Waals surface area (Å²) in [7, 11) is 1.87. The van der Waals surface area contributed by atoms with Crippen molar-refractivity contribution in [1.29, 1.82) is 0 Å². The van der Waals surface area contributed by atoms with E-state index in [1.54, 1.807) is 0 Å². The molecule has 0 spiro atoms. The normalized spacial score (nSPS) is 34.8. The summed E-state index contributed by atoms with van der Waals surface area (Å²) < 4.78 is 0. The van der Waals surface area contributed by atoms with Crippen LogP contribution in [-0.4, -0.2) is 49.6 Å². The zero-order valence-corrected chi connectivity index (χ0v) is 14.4. The molecule has 5 heteroatoms. The Morgan fingerprint density at radius 1 is 1.32 bits per heavy atom. The van der Waals surface area contributed by atoms with E-state index >= 15 is 0 Å². The Morgan fingerprint density at radius 3 is 2.63 bits per heavy atom. The number of nitrogens with one attached hydrogen (secondary N) is 2. The third kappa shape index (κ3) is 4.21. The third-order valence-electron chi connectivity index (χ3n) is 4.59. The van der Waals surface area contributed by atoms with E-state index in [4.69, 9.17) is 0 Å². The average molecular weight is 378 g/mol. The van der Waals surface area contributed by atoms with Crippen molar-refractivity contribution < 1.29 is 0 Å². The molecule has 3 aliphatic rings. The summed E-state index contributed by atoms with van der Waals surface area (Å²) in [6.07, 6.45) is 5.51. The molecule has 2 saturated carbocycles. The van der Waals surface area contributed by atoms with Crippen LogP contribution in [0.5, 0.6) is 0 Å². The van der Waals surface area contributed by atoms with Gasteiger partial charge in [0.05, 0.1) is 0 Å². The molecule has 4 nitrogen and oxygen atoms in total. The van der Waals surface area contributed by atoms with Crippen molar-refractivity contribution in [2.75, 3.05) is 26.7 Å². The van der Waals surface area contributed by atoms with Gasteiger partial charge >= 0.3 is 0 Å². The maximum absolute atomic E-state index is 4.31. The quantitative estimate of drug-likeness (QED) is 0.444. The summed E-state index contributed by atoms with van der Waals surface area (Å²) in [6, 6.07) is 1.59. The van der Waals surface area contributed by atoms with Gasteiger partial charge in [-0.2, -0.15) is 0 Å². The number of guanidine groups is 1. The highest BCUT2D eigenvalue weighted by Crippen LogP contribution is 2.31. The Labute approximate surface area is 133 Å². The summed E-state index contributed by atoms with van der Waals surface area (Å²) in [5.74, 6) is 2.62. The molecule has 0 aromatic rings. The molecule has 0 bridgehead atoms. The first-order chi connectivity index (χ1) is 8.76. The molecule has 110 valence electrons. The molecule has 0 aromatic carbocycles. The minimum absolute atomic E-state index is 0. The number of likely N-dealkylation sites (tertiary alicyclic amines) is 1.